The second-order valence-corrected chi connectivity index (χ2v) is 7.26. The second-order valence-electron chi connectivity index (χ2n) is 7.26. The first kappa shape index (κ1) is 15.5. The highest BCUT2D eigenvalue weighted by Gasteiger charge is 2.18. The Hall–Kier alpha value is -0.860. The molecule has 112 valence electrons. The van der Waals surface area contributed by atoms with Crippen LogP contribution in [0, 0.1) is 0 Å². The minimum absolute atomic E-state index is 0.213. The van der Waals surface area contributed by atoms with Crippen LogP contribution in [0.25, 0.3) is 0 Å². The summed E-state index contributed by atoms with van der Waals surface area (Å²) in [5.74, 6) is 0.584. The Balaban J connectivity index is 2.24. The van der Waals surface area contributed by atoms with Crippen LogP contribution < -0.4 is 0 Å². The Kier molecular flexibility index (Phi) is 4.87. The minimum atomic E-state index is 0.213. The molecule has 2 heteroatoms. The van der Waals surface area contributed by atoms with Gasteiger partial charge in [0, 0.05) is 19.6 Å². The van der Waals surface area contributed by atoms with Crippen LogP contribution in [-0.2, 0) is 16.7 Å². The number of benzene rings is 1. The van der Waals surface area contributed by atoms with E-state index in [1.807, 2.05) is 0 Å². The molecule has 1 saturated heterocycles. The van der Waals surface area contributed by atoms with Gasteiger partial charge in [0.25, 0.3) is 0 Å². The Morgan fingerprint density at radius 1 is 1.10 bits per heavy atom. The molecular weight excluding hydrogens is 246 g/mol. The van der Waals surface area contributed by atoms with E-state index in [9.17, 15) is 0 Å². The summed E-state index contributed by atoms with van der Waals surface area (Å²) in [5, 5.41) is 0. The Morgan fingerprint density at radius 2 is 1.75 bits per heavy atom. The summed E-state index contributed by atoms with van der Waals surface area (Å²) in [7, 11) is 0. The summed E-state index contributed by atoms with van der Waals surface area (Å²) in [6.45, 7) is 16.3. The average molecular weight is 275 g/mol. The molecule has 1 fully saturated rings. The van der Waals surface area contributed by atoms with Crippen molar-refractivity contribution in [3.05, 3.63) is 34.9 Å². The van der Waals surface area contributed by atoms with E-state index in [4.69, 9.17) is 4.74 Å². The van der Waals surface area contributed by atoms with Gasteiger partial charge in [-0.2, -0.15) is 0 Å². The summed E-state index contributed by atoms with van der Waals surface area (Å²) in [4.78, 5) is 2.50. The first-order valence-corrected chi connectivity index (χ1v) is 7.81. The number of ether oxygens (including phenoxy) is 1. The first-order valence-electron chi connectivity index (χ1n) is 7.81. The molecule has 0 aromatic heterocycles. The van der Waals surface area contributed by atoms with E-state index < -0.39 is 0 Å². The summed E-state index contributed by atoms with van der Waals surface area (Å²) in [6, 6.07) is 7.16. The molecule has 0 aliphatic carbocycles. The molecule has 0 saturated carbocycles. The van der Waals surface area contributed by atoms with E-state index in [0.29, 0.717) is 5.92 Å². The van der Waals surface area contributed by atoms with E-state index in [1.165, 1.54) is 16.7 Å². The molecule has 0 amide bonds. The molecule has 1 aliphatic heterocycles. The van der Waals surface area contributed by atoms with E-state index in [2.05, 4.69) is 57.7 Å². The van der Waals surface area contributed by atoms with Crippen molar-refractivity contribution in [1.82, 2.24) is 4.90 Å². The van der Waals surface area contributed by atoms with Crippen LogP contribution in [0.2, 0.25) is 0 Å². The smallest absolute Gasteiger partial charge is 0.0594 e. The molecule has 0 N–H and O–H groups in total. The van der Waals surface area contributed by atoms with Crippen LogP contribution in [0.15, 0.2) is 18.2 Å². The average Bonchev–Trinajstić information content (AvgIpc) is 2.38. The number of morpholine rings is 1. The third kappa shape index (κ3) is 4.07. The zero-order chi connectivity index (χ0) is 14.8. The zero-order valence-electron chi connectivity index (χ0n) is 13.7. The van der Waals surface area contributed by atoms with E-state index in [1.54, 1.807) is 0 Å². The summed E-state index contributed by atoms with van der Waals surface area (Å²) in [6.07, 6.45) is 0. The van der Waals surface area contributed by atoms with Gasteiger partial charge in [0.05, 0.1) is 13.2 Å². The maximum atomic E-state index is 5.44. The lowest BCUT2D eigenvalue weighted by atomic mass is 9.83. The topological polar surface area (TPSA) is 12.5 Å². The Bertz CT molecular complexity index is 439. The van der Waals surface area contributed by atoms with Crippen LogP contribution in [0.4, 0.5) is 0 Å². The zero-order valence-corrected chi connectivity index (χ0v) is 13.7. The maximum Gasteiger partial charge on any atom is 0.0594 e. The van der Waals surface area contributed by atoms with Crippen molar-refractivity contribution in [3.63, 3.8) is 0 Å². The van der Waals surface area contributed by atoms with Crippen molar-refractivity contribution in [2.75, 3.05) is 26.3 Å². The van der Waals surface area contributed by atoms with Gasteiger partial charge in [-0.1, -0.05) is 52.8 Å². The van der Waals surface area contributed by atoms with Crippen LogP contribution >= 0.6 is 0 Å². The highest BCUT2D eigenvalue weighted by molar-refractivity contribution is 5.35. The molecule has 2 nitrogen and oxygen atoms in total. The van der Waals surface area contributed by atoms with E-state index in [-0.39, 0.29) is 5.41 Å². The molecular formula is C18H29NO. The van der Waals surface area contributed by atoms with Gasteiger partial charge in [0.1, 0.15) is 0 Å². The molecule has 0 radical (unpaired) electrons. The van der Waals surface area contributed by atoms with Crippen LogP contribution in [-0.4, -0.2) is 31.2 Å². The van der Waals surface area contributed by atoms with Crippen molar-refractivity contribution in [3.8, 4) is 0 Å². The van der Waals surface area contributed by atoms with Gasteiger partial charge in [0.2, 0.25) is 0 Å². The lowest BCUT2D eigenvalue weighted by Crippen LogP contribution is -2.35. The largest absolute Gasteiger partial charge is 0.379 e. The lowest BCUT2D eigenvalue weighted by Gasteiger charge is -2.28. The van der Waals surface area contributed by atoms with Gasteiger partial charge in [0.15, 0.2) is 0 Å². The second kappa shape index (κ2) is 6.28. The fourth-order valence-electron chi connectivity index (χ4n) is 2.59. The summed E-state index contributed by atoms with van der Waals surface area (Å²) >= 11 is 0. The number of hydrogen-bond donors (Lipinski definition) is 0. The SMILES string of the molecule is CC(C)c1cc(CN2CCOCC2)cc(C(C)(C)C)c1. The molecule has 0 spiro atoms. The number of rotatable bonds is 3. The van der Waals surface area contributed by atoms with Crippen molar-refractivity contribution in [1.29, 1.82) is 0 Å². The first-order chi connectivity index (χ1) is 9.36. The summed E-state index contributed by atoms with van der Waals surface area (Å²) < 4.78 is 5.44. The van der Waals surface area contributed by atoms with E-state index in [0.717, 1.165) is 32.8 Å². The quantitative estimate of drug-likeness (QED) is 0.828. The highest BCUT2D eigenvalue weighted by Crippen LogP contribution is 2.28. The monoisotopic (exact) mass is 275 g/mol. The van der Waals surface area contributed by atoms with Gasteiger partial charge in [-0.25, -0.2) is 0 Å². The Labute approximate surface area is 124 Å². The Morgan fingerprint density at radius 3 is 2.30 bits per heavy atom. The van der Waals surface area contributed by atoms with Crippen LogP contribution in [0.3, 0.4) is 0 Å². The van der Waals surface area contributed by atoms with Crippen molar-refractivity contribution in [2.45, 2.75) is 52.5 Å². The van der Waals surface area contributed by atoms with Gasteiger partial charge in [-0.15, -0.1) is 0 Å². The summed E-state index contributed by atoms with van der Waals surface area (Å²) in [5.41, 5.74) is 4.57. The lowest BCUT2D eigenvalue weighted by molar-refractivity contribution is 0.0341. The number of nitrogens with zero attached hydrogens (tertiary/aromatic N) is 1. The molecule has 0 unspecified atom stereocenters. The van der Waals surface area contributed by atoms with Gasteiger partial charge < -0.3 is 4.74 Å². The van der Waals surface area contributed by atoms with Crippen LogP contribution in [0.1, 0.15) is 57.2 Å². The number of hydrogen-bond acceptors (Lipinski definition) is 2. The molecule has 1 aromatic carbocycles. The van der Waals surface area contributed by atoms with Gasteiger partial charge >= 0.3 is 0 Å². The third-order valence-electron chi connectivity index (χ3n) is 4.06. The van der Waals surface area contributed by atoms with Gasteiger partial charge in [-0.05, 0) is 28.0 Å². The fraction of sp³-hybridized carbons (Fsp3) is 0.667. The third-order valence-corrected chi connectivity index (χ3v) is 4.06. The molecule has 0 bridgehead atoms. The predicted molar refractivity (Wildman–Crippen MR) is 85.3 cm³/mol. The maximum absolute atomic E-state index is 5.44. The molecule has 1 aromatic rings. The fourth-order valence-corrected chi connectivity index (χ4v) is 2.59. The standard InChI is InChI=1S/C18H29NO/c1-14(2)16-10-15(11-17(12-16)18(3,4)5)13-19-6-8-20-9-7-19/h10-12,14H,6-9,13H2,1-5H3. The molecule has 1 heterocycles. The normalized spacial score (nSPS) is 17.7. The van der Waals surface area contributed by atoms with Crippen molar-refractivity contribution >= 4 is 0 Å². The molecule has 0 atom stereocenters. The van der Waals surface area contributed by atoms with E-state index >= 15 is 0 Å². The van der Waals surface area contributed by atoms with Gasteiger partial charge in [-0.3, -0.25) is 4.90 Å². The molecule has 20 heavy (non-hydrogen) atoms. The van der Waals surface area contributed by atoms with Crippen LogP contribution in [0.5, 0.6) is 0 Å². The highest BCUT2D eigenvalue weighted by atomic mass is 16.5. The minimum Gasteiger partial charge on any atom is -0.379 e. The molecule has 1 aliphatic rings. The predicted octanol–water partition coefficient (Wildman–Crippen LogP) is 3.94. The van der Waals surface area contributed by atoms with Crippen molar-refractivity contribution in [2.24, 2.45) is 0 Å². The molecule has 2 rings (SSSR count). The van der Waals surface area contributed by atoms with Crippen molar-refractivity contribution < 1.29 is 4.74 Å².